The number of aryl methyl sites for hydroxylation is 1. The number of nitrogens with zero attached hydrogens (tertiary/aromatic N) is 1. The fraction of sp³-hybridized carbons (Fsp3) is 0.333. The number of esters is 1. The second-order valence-corrected chi connectivity index (χ2v) is 3.61. The highest BCUT2D eigenvalue weighted by Gasteiger charge is 2.20. The van der Waals surface area contributed by atoms with Crippen molar-refractivity contribution in [3.8, 4) is 0 Å². The molecule has 15 heavy (non-hydrogen) atoms. The lowest BCUT2D eigenvalue weighted by atomic mass is 10.2. The lowest BCUT2D eigenvalue weighted by Crippen LogP contribution is -2.11. The summed E-state index contributed by atoms with van der Waals surface area (Å²) in [6, 6.07) is 0. The summed E-state index contributed by atoms with van der Waals surface area (Å²) < 4.78 is 17.9. The largest absolute Gasteiger partial charge is 0.464 e. The topological polar surface area (TPSA) is 65.2 Å². The van der Waals surface area contributed by atoms with E-state index in [0.717, 1.165) is 11.8 Å². The van der Waals surface area contributed by atoms with Crippen LogP contribution in [0.4, 0.5) is 10.1 Å². The molecule has 0 atom stereocenters. The first-order valence-electron chi connectivity index (χ1n) is 4.10. The van der Waals surface area contributed by atoms with Gasteiger partial charge < -0.3 is 10.5 Å². The van der Waals surface area contributed by atoms with Crippen LogP contribution in [0, 0.1) is 12.7 Å². The van der Waals surface area contributed by atoms with Crippen LogP contribution in [-0.2, 0) is 4.74 Å². The Balaban J connectivity index is 3.45. The normalized spacial score (nSPS) is 10.1. The van der Waals surface area contributed by atoms with E-state index in [4.69, 9.17) is 5.73 Å². The molecular formula is C9H11FN2O2S. The fourth-order valence-electron chi connectivity index (χ4n) is 1.13. The van der Waals surface area contributed by atoms with Crippen molar-refractivity contribution < 1.29 is 13.9 Å². The molecule has 0 radical (unpaired) electrons. The minimum absolute atomic E-state index is 0.0569. The molecule has 1 aromatic heterocycles. The van der Waals surface area contributed by atoms with Crippen molar-refractivity contribution in [1.82, 2.24) is 4.98 Å². The van der Waals surface area contributed by atoms with E-state index in [0.29, 0.717) is 4.90 Å². The maximum atomic E-state index is 13.4. The molecule has 4 nitrogen and oxygen atoms in total. The molecule has 82 valence electrons. The third-order valence-corrected chi connectivity index (χ3v) is 2.70. The SMILES string of the molecule is COC(=O)c1nc(C)c(F)c(N)c1SC. The predicted octanol–water partition coefficient (Wildman–Crippen LogP) is 1.62. The molecule has 0 saturated carbocycles. The molecule has 0 amide bonds. The minimum atomic E-state index is -0.617. The van der Waals surface area contributed by atoms with Crippen molar-refractivity contribution in [2.75, 3.05) is 19.1 Å². The van der Waals surface area contributed by atoms with Gasteiger partial charge in [-0.25, -0.2) is 14.2 Å². The minimum Gasteiger partial charge on any atom is -0.464 e. The molecule has 0 aliphatic carbocycles. The summed E-state index contributed by atoms with van der Waals surface area (Å²) >= 11 is 1.16. The average molecular weight is 230 g/mol. The number of aromatic nitrogens is 1. The first-order valence-corrected chi connectivity index (χ1v) is 5.33. The summed E-state index contributed by atoms with van der Waals surface area (Å²) in [5.41, 5.74) is 5.63. The predicted molar refractivity (Wildman–Crippen MR) is 56.5 cm³/mol. The number of carbonyl (C=O) groups excluding carboxylic acids is 1. The van der Waals surface area contributed by atoms with Crippen LogP contribution < -0.4 is 5.73 Å². The molecular weight excluding hydrogens is 219 g/mol. The summed E-state index contributed by atoms with van der Waals surface area (Å²) in [5.74, 6) is -1.21. The average Bonchev–Trinajstić information content (AvgIpc) is 2.24. The van der Waals surface area contributed by atoms with Gasteiger partial charge in [-0.3, -0.25) is 0 Å². The van der Waals surface area contributed by atoms with Gasteiger partial charge in [-0.15, -0.1) is 11.8 Å². The Kier molecular flexibility index (Phi) is 3.52. The molecule has 0 saturated heterocycles. The number of anilines is 1. The van der Waals surface area contributed by atoms with E-state index < -0.39 is 11.8 Å². The van der Waals surface area contributed by atoms with Gasteiger partial charge in [0.1, 0.15) is 0 Å². The van der Waals surface area contributed by atoms with E-state index in [9.17, 15) is 9.18 Å². The quantitative estimate of drug-likeness (QED) is 0.617. The van der Waals surface area contributed by atoms with Gasteiger partial charge in [0.25, 0.3) is 0 Å². The fourth-order valence-corrected chi connectivity index (χ4v) is 1.76. The molecule has 0 fully saturated rings. The van der Waals surface area contributed by atoms with E-state index in [2.05, 4.69) is 9.72 Å². The van der Waals surface area contributed by atoms with Gasteiger partial charge in [0.2, 0.25) is 0 Å². The molecule has 0 spiro atoms. The van der Waals surface area contributed by atoms with Crippen LogP contribution in [0.5, 0.6) is 0 Å². The molecule has 1 aromatic rings. The van der Waals surface area contributed by atoms with Crippen LogP contribution in [0.1, 0.15) is 16.2 Å². The molecule has 0 aromatic carbocycles. The lowest BCUT2D eigenvalue weighted by Gasteiger charge is -2.10. The van der Waals surface area contributed by atoms with Crippen LogP contribution in [0.2, 0.25) is 0 Å². The lowest BCUT2D eigenvalue weighted by molar-refractivity contribution is 0.0589. The first-order chi connectivity index (χ1) is 7.02. The van der Waals surface area contributed by atoms with Crippen molar-refractivity contribution in [3.63, 3.8) is 0 Å². The van der Waals surface area contributed by atoms with Gasteiger partial charge in [-0.05, 0) is 13.2 Å². The van der Waals surface area contributed by atoms with E-state index >= 15 is 0 Å². The molecule has 0 aliphatic heterocycles. The number of hydrogen-bond acceptors (Lipinski definition) is 5. The number of hydrogen-bond donors (Lipinski definition) is 1. The summed E-state index contributed by atoms with van der Waals surface area (Å²) in [7, 11) is 1.24. The number of pyridine rings is 1. The maximum Gasteiger partial charge on any atom is 0.357 e. The number of nitrogen functional groups attached to an aromatic ring is 1. The van der Waals surface area contributed by atoms with Gasteiger partial charge in [0, 0.05) is 0 Å². The Bertz CT molecular complexity index is 410. The van der Waals surface area contributed by atoms with Crippen LogP contribution in [-0.4, -0.2) is 24.3 Å². The maximum absolute atomic E-state index is 13.4. The Morgan fingerprint density at radius 3 is 2.67 bits per heavy atom. The van der Waals surface area contributed by atoms with Crippen LogP contribution in [0.3, 0.4) is 0 Å². The second-order valence-electron chi connectivity index (χ2n) is 2.80. The summed E-state index contributed by atoms with van der Waals surface area (Å²) in [6.07, 6.45) is 1.69. The Morgan fingerprint density at radius 1 is 1.60 bits per heavy atom. The van der Waals surface area contributed by atoms with Gasteiger partial charge in [0.05, 0.1) is 23.4 Å². The zero-order valence-corrected chi connectivity index (χ0v) is 9.44. The van der Waals surface area contributed by atoms with Crippen molar-refractivity contribution in [3.05, 3.63) is 17.2 Å². The molecule has 2 N–H and O–H groups in total. The van der Waals surface area contributed by atoms with Crippen molar-refractivity contribution >= 4 is 23.4 Å². The zero-order chi connectivity index (χ0) is 11.6. The van der Waals surface area contributed by atoms with E-state index in [-0.39, 0.29) is 17.1 Å². The van der Waals surface area contributed by atoms with Crippen LogP contribution in [0.15, 0.2) is 4.90 Å². The molecule has 6 heteroatoms. The molecule has 0 bridgehead atoms. The van der Waals surface area contributed by atoms with E-state index in [1.807, 2.05) is 0 Å². The van der Waals surface area contributed by atoms with Gasteiger partial charge >= 0.3 is 5.97 Å². The summed E-state index contributed by atoms with van der Waals surface area (Å²) in [5, 5.41) is 0. The van der Waals surface area contributed by atoms with Gasteiger partial charge in [0.15, 0.2) is 11.5 Å². The number of halogens is 1. The Morgan fingerprint density at radius 2 is 2.20 bits per heavy atom. The number of carbonyl (C=O) groups is 1. The van der Waals surface area contributed by atoms with Crippen molar-refractivity contribution in [2.24, 2.45) is 0 Å². The monoisotopic (exact) mass is 230 g/mol. The highest BCUT2D eigenvalue weighted by atomic mass is 32.2. The molecule has 0 unspecified atom stereocenters. The van der Waals surface area contributed by atoms with Crippen molar-refractivity contribution in [1.29, 1.82) is 0 Å². The Labute approximate surface area is 91.0 Å². The number of thioether (sulfide) groups is 1. The first kappa shape index (κ1) is 11.8. The number of ether oxygens (including phenoxy) is 1. The van der Waals surface area contributed by atoms with Gasteiger partial charge in [-0.1, -0.05) is 0 Å². The van der Waals surface area contributed by atoms with Crippen LogP contribution in [0.25, 0.3) is 0 Å². The highest BCUT2D eigenvalue weighted by Crippen LogP contribution is 2.29. The number of methoxy groups -OCH3 is 1. The summed E-state index contributed by atoms with van der Waals surface area (Å²) in [4.78, 5) is 15.5. The van der Waals surface area contributed by atoms with E-state index in [1.165, 1.54) is 14.0 Å². The number of nitrogens with two attached hydrogens (primary N) is 1. The molecule has 1 heterocycles. The van der Waals surface area contributed by atoms with E-state index in [1.54, 1.807) is 6.26 Å². The smallest absolute Gasteiger partial charge is 0.357 e. The zero-order valence-electron chi connectivity index (χ0n) is 8.63. The number of rotatable bonds is 2. The molecule has 0 aliphatic rings. The molecule has 1 rings (SSSR count). The van der Waals surface area contributed by atoms with Crippen molar-refractivity contribution in [2.45, 2.75) is 11.8 Å². The second kappa shape index (κ2) is 4.48. The summed E-state index contributed by atoms with van der Waals surface area (Å²) in [6.45, 7) is 1.45. The Hall–Kier alpha value is -1.30. The highest BCUT2D eigenvalue weighted by molar-refractivity contribution is 7.98. The third-order valence-electron chi connectivity index (χ3n) is 1.88. The third kappa shape index (κ3) is 2.04. The standard InChI is InChI=1S/C9H11FN2O2S/c1-4-5(10)6(11)8(15-3)7(12-4)9(13)14-2/h1-3H3,(H2,11,12). The van der Waals surface area contributed by atoms with Gasteiger partial charge in [-0.2, -0.15) is 0 Å². The van der Waals surface area contributed by atoms with Crippen LogP contribution >= 0.6 is 11.8 Å².